The van der Waals surface area contributed by atoms with E-state index in [4.69, 9.17) is 9.84 Å². The Hall–Kier alpha value is -2.57. The average Bonchev–Trinajstić information content (AvgIpc) is 2.87. The van der Waals surface area contributed by atoms with Crippen LogP contribution in [0.15, 0.2) is 24.5 Å². The number of methoxy groups -OCH3 is 1. The summed E-state index contributed by atoms with van der Waals surface area (Å²) in [5.41, 5.74) is 1.10. The molecule has 7 nitrogen and oxygen atoms in total. The zero-order chi connectivity index (χ0) is 15.7. The van der Waals surface area contributed by atoms with Crippen LogP contribution in [0.5, 0.6) is 5.75 Å². The maximum absolute atomic E-state index is 12.3. The van der Waals surface area contributed by atoms with Crippen molar-refractivity contribution < 1.29 is 19.4 Å². The van der Waals surface area contributed by atoms with Gasteiger partial charge in [-0.3, -0.25) is 14.0 Å². The molecule has 7 heteroatoms. The molecule has 1 saturated carbocycles. The minimum atomic E-state index is -0.787. The van der Waals surface area contributed by atoms with Crippen molar-refractivity contribution in [2.45, 2.75) is 25.3 Å². The third-order valence-corrected chi connectivity index (χ3v) is 3.99. The molecule has 116 valence electrons. The molecule has 1 amide bonds. The Kier molecular flexibility index (Phi) is 3.70. The molecule has 0 aromatic carbocycles. The van der Waals surface area contributed by atoms with Crippen LogP contribution in [0.2, 0.25) is 0 Å². The van der Waals surface area contributed by atoms with Gasteiger partial charge in [0.15, 0.2) is 0 Å². The van der Waals surface area contributed by atoms with Gasteiger partial charge in [0.1, 0.15) is 17.1 Å². The highest BCUT2D eigenvalue weighted by Gasteiger charge is 2.32. The molecular formula is C15H17N3O4. The first-order valence-corrected chi connectivity index (χ1v) is 7.10. The van der Waals surface area contributed by atoms with Crippen LogP contribution in [0.3, 0.4) is 0 Å². The highest BCUT2D eigenvalue weighted by atomic mass is 16.5. The topological polar surface area (TPSA) is 92.9 Å². The summed E-state index contributed by atoms with van der Waals surface area (Å²) in [5, 5.41) is 11.6. The monoisotopic (exact) mass is 303 g/mol. The molecule has 0 spiro atoms. The van der Waals surface area contributed by atoms with Crippen LogP contribution < -0.4 is 10.1 Å². The van der Waals surface area contributed by atoms with Crippen molar-refractivity contribution in [3.63, 3.8) is 0 Å². The fraction of sp³-hybridized carbons (Fsp3) is 0.400. The van der Waals surface area contributed by atoms with Crippen molar-refractivity contribution in [2.24, 2.45) is 5.92 Å². The van der Waals surface area contributed by atoms with Gasteiger partial charge in [-0.2, -0.15) is 0 Å². The average molecular weight is 303 g/mol. The number of imidazole rings is 1. The summed E-state index contributed by atoms with van der Waals surface area (Å²) < 4.78 is 6.82. The molecule has 0 saturated heterocycles. The molecule has 3 rings (SSSR count). The first-order valence-electron chi connectivity index (χ1n) is 7.10. The van der Waals surface area contributed by atoms with Gasteiger partial charge < -0.3 is 15.2 Å². The zero-order valence-corrected chi connectivity index (χ0v) is 12.2. The number of hydrogen-bond donors (Lipinski definition) is 2. The van der Waals surface area contributed by atoms with Gasteiger partial charge in [0.25, 0.3) is 5.91 Å². The van der Waals surface area contributed by atoms with Gasteiger partial charge in [-0.15, -0.1) is 0 Å². The quantitative estimate of drug-likeness (QED) is 0.869. The number of ether oxygens (including phenoxy) is 1. The standard InChI is InChI=1S/C15H17N3O4/c1-22-11-2-3-18-12(8-16-13(18)7-11)15(21)17-10-4-9(5-10)6-14(19)20/h2-3,7-10H,4-6H2,1H3,(H,17,21)(H,19,20). The number of fused-ring (bicyclic) bond motifs is 1. The van der Waals surface area contributed by atoms with Crippen LogP contribution in [0.4, 0.5) is 0 Å². The summed E-state index contributed by atoms with van der Waals surface area (Å²) in [6.07, 6.45) is 4.86. The molecule has 22 heavy (non-hydrogen) atoms. The Bertz CT molecular complexity index is 719. The number of aromatic nitrogens is 2. The smallest absolute Gasteiger partial charge is 0.303 e. The van der Waals surface area contributed by atoms with Crippen molar-refractivity contribution in [3.05, 3.63) is 30.2 Å². The second-order valence-electron chi connectivity index (χ2n) is 5.54. The van der Waals surface area contributed by atoms with Gasteiger partial charge in [-0.1, -0.05) is 0 Å². The van der Waals surface area contributed by atoms with Crippen LogP contribution in [-0.2, 0) is 4.79 Å². The predicted octanol–water partition coefficient (Wildman–Crippen LogP) is 1.33. The Labute approximate surface area is 126 Å². The fourth-order valence-corrected chi connectivity index (χ4v) is 2.78. The minimum Gasteiger partial charge on any atom is -0.497 e. The minimum absolute atomic E-state index is 0.0423. The van der Waals surface area contributed by atoms with Gasteiger partial charge in [-0.25, -0.2) is 4.98 Å². The Balaban J connectivity index is 1.65. The molecule has 0 unspecified atom stereocenters. The van der Waals surface area contributed by atoms with Crippen LogP contribution >= 0.6 is 0 Å². The molecule has 2 aromatic rings. The Morgan fingerprint density at radius 2 is 2.27 bits per heavy atom. The fourth-order valence-electron chi connectivity index (χ4n) is 2.78. The number of nitrogens with one attached hydrogen (secondary N) is 1. The molecule has 1 aliphatic rings. The van der Waals surface area contributed by atoms with Gasteiger partial charge >= 0.3 is 5.97 Å². The first kappa shape index (κ1) is 14.4. The lowest BCUT2D eigenvalue weighted by Crippen LogP contribution is -2.45. The maximum atomic E-state index is 12.3. The second kappa shape index (κ2) is 5.67. The van der Waals surface area contributed by atoms with E-state index in [0.29, 0.717) is 29.9 Å². The van der Waals surface area contributed by atoms with Crippen LogP contribution in [0.1, 0.15) is 29.8 Å². The molecule has 2 aromatic heterocycles. The van der Waals surface area contributed by atoms with Gasteiger partial charge in [0.2, 0.25) is 0 Å². The van der Waals surface area contributed by atoms with Crippen molar-refractivity contribution in [3.8, 4) is 5.75 Å². The predicted molar refractivity (Wildman–Crippen MR) is 78.0 cm³/mol. The van der Waals surface area contributed by atoms with Crippen LogP contribution in [-0.4, -0.2) is 39.5 Å². The lowest BCUT2D eigenvalue weighted by atomic mass is 9.78. The summed E-state index contributed by atoms with van der Waals surface area (Å²) in [7, 11) is 1.58. The number of pyridine rings is 1. The highest BCUT2D eigenvalue weighted by Crippen LogP contribution is 2.30. The van der Waals surface area contributed by atoms with Crippen LogP contribution in [0.25, 0.3) is 5.65 Å². The third-order valence-electron chi connectivity index (χ3n) is 3.99. The lowest BCUT2D eigenvalue weighted by molar-refractivity contribution is -0.138. The molecule has 0 atom stereocenters. The number of nitrogens with zero attached hydrogens (tertiary/aromatic N) is 2. The molecule has 2 N–H and O–H groups in total. The summed E-state index contributed by atoms with van der Waals surface area (Å²) in [6, 6.07) is 3.56. The SMILES string of the molecule is COc1ccn2c(C(=O)NC3CC(CC(=O)O)C3)cnc2c1. The number of rotatable bonds is 5. The molecule has 0 aliphatic heterocycles. The van der Waals surface area contributed by atoms with E-state index in [1.807, 2.05) is 0 Å². The van der Waals surface area contributed by atoms with Crippen LogP contribution in [0, 0.1) is 5.92 Å². The van der Waals surface area contributed by atoms with Crippen molar-refractivity contribution in [1.29, 1.82) is 0 Å². The molecule has 1 aliphatic carbocycles. The number of carboxylic acids is 1. The van der Waals surface area contributed by atoms with E-state index in [2.05, 4.69) is 10.3 Å². The first-order chi connectivity index (χ1) is 10.6. The third kappa shape index (κ3) is 2.74. The summed E-state index contributed by atoms with van der Waals surface area (Å²) in [5.74, 6) is -0.142. The molecular weight excluding hydrogens is 286 g/mol. The number of amides is 1. The summed E-state index contributed by atoms with van der Waals surface area (Å²) in [4.78, 5) is 27.1. The second-order valence-corrected chi connectivity index (χ2v) is 5.54. The van der Waals surface area contributed by atoms with Gasteiger partial charge in [0, 0.05) is 24.7 Å². The highest BCUT2D eigenvalue weighted by molar-refractivity contribution is 5.93. The summed E-state index contributed by atoms with van der Waals surface area (Å²) >= 11 is 0. The number of carboxylic acid groups (broad SMARTS) is 1. The number of carbonyl (C=O) groups is 2. The zero-order valence-electron chi connectivity index (χ0n) is 12.2. The lowest BCUT2D eigenvalue weighted by Gasteiger charge is -2.34. The Morgan fingerprint density at radius 1 is 1.50 bits per heavy atom. The normalized spacial score (nSPS) is 20.4. The molecule has 1 fully saturated rings. The number of hydrogen-bond acceptors (Lipinski definition) is 4. The van der Waals surface area contributed by atoms with E-state index < -0.39 is 5.97 Å². The largest absolute Gasteiger partial charge is 0.497 e. The van der Waals surface area contributed by atoms with E-state index >= 15 is 0 Å². The Morgan fingerprint density at radius 3 is 2.95 bits per heavy atom. The van der Waals surface area contributed by atoms with E-state index in [0.717, 1.165) is 0 Å². The van der Waals surface area contributed by atoms with Crippen molar-refractivity contribution in [2.75, 3.05) is 7.11 Å². The van der Waals surface area contributed by atoms with E-state index in [-0.39, 0.29) is 24.3 Å². The van der Waals surface area contributed by atoms with Gasteiger partial charge in [0.05, 0.1) is 13.3 Å². The number of carbonyl (C=O) groups excluding carboxylic acids is 1. The molecule has 0 bridgehead atoms. The van der Waals surface area contributed by atoms with Crippen molar-refractivity contribution >= 4 is 17.5 Å². The van der Waals surface area contributed by atoms with E-state index in [1.165, 1.54) is 6.20 Å². The molecule has 2 heterocycles. The maximum Gasteiger partial charge on any atom is 0.303 e. The van der Waals surface area contributed by atoms with E-state index in [1.54, 1.807) is 29.8 Å². The van der Waals surface area contributed by atoms with E-state index in [9.17, 15) is 9.59 Å². The van der Waals surface area contributed by atoms with Crippen molar-refractivity contribution in [1.82, 2.24) is 14.7 Å². The number of aliphatic carboxylic acids is 1. The molecule has 0 radical (unpaired) electrons. The summed E-state index contributed by atoms with van der Waals surface area (Å²) in [6.45, 7) is 0. The van der Waals surface area contributed by atoms with Gasteiger partial charge in [-0.05, 0) is 24.8 Å².